The molecule has 1 heterocycles. The molecular weight excluding hydrogens is 266 g/mol. The summed E-state index contributed by atoms with van der Waals surface area (Å²) in [6.45, 7) is 1.83. The molecule has 0 bridgehead atoms. The van der Waals surface area contributed by atoms with Gasteiger partial charge in [-0.1, -0.05) is 28.1 Å². The molecule has 86 valence electrons. The summed E-state index contributed by atoms with van der Waals surface area (Å²) in [5.41, 5.74) is 2.02. The molecule has 0 unspecified atom stereocenters. The standard InChI is InChI=1S/C13H16BrNO/c14-10-11-4-6-12(7-5-11)13(16)15-8-2-1-3-9-15/h4-7H,1-3,8-10H2. The lowest BCUT2D eigenvalue weighted by molar-refractivity contribution is 0.0724. The van der Waals surface area contributed by atoms with E-state index in [0.717, 1.165) is 36.8 Å². The third kappa shape index (κ3) is 2.64. The quantitative estimate of drug-likeness (QED) is 0.763. The Hall–Kier alpha value is -0.830. The lowest BCUT2D eigenvalue weighted by Crippen LogP contribution is -2.35. The fourth-order valence-corrected chi connectivity index (χ4v) is 2.39. The van der Waals surface area contributed by atoms with Crippen LogP contribution in [0.3, 0.4) is 0 Å². The van der Waals surface area contributed by atoms with Gasteiger partial charge in [0.25, 0.3) is 5.91 Å². The van der Waals surface area contributed by atoms with Crippen molar-refractivity contribution in [3.05, 3.63) is 35.4 Å². The summed E-state index contributed by atoms with van der Waals surface area (Å²) in [6.07, 6.45) is 3.54. The van der Waals surface area contributed by atoms with Crippen molar-refractivity contribution in [2.24, 2.45) is 0 Å². The summed E-state index contributed by atoms with van der Waals surface area (Å²) in [5, 5.41) is 0.838. The first kappa shape index (κ1) is 11.6. The SMILES string of the molecule is O=C(c1ccc(CBr)cc1)N1CCCCC1. The summed E-state index contributed by atoms with van der Waals surface area (Å²) < 4.78 is 0. The van der Waals surface area contributed by atoms with Crippen LogP contribution in [-0.4, -0.2) is 23.9 Å². The summed E-state index contributed by atoms with van der Waals surface area (Å²) in [5.74, 6) is 0.181. The molecule has 0 N–H and O–H groups in total. The average Bonchev–Trinajstić information content (AvgIpc) is 2.39. The van der Waals surface area contributed by atoms with Crippen LogP contribution in [0.4, 0.5) is 0 Å². The Bertz CT molecular complexity index is 355. The van der Waals surface area contributed by atoms with E-state index in [9.17, 15) is 4.79 Å². The minimum atomic E-state index is 0.181. The fraction of sp³-hybridized carbons (Fsp3) is 0.462. The highest BCUT2D eigenvalue weighted by atomic mass is 79.9. The third-order valence-electron chi connectivity index (χ3n) is 3.00. The molecule has 2 nitrogen and oxygen atoms in total. The molecule has 1 fully saturated rings. The van der Waals surface area contributed by atoms with E-state index in [1.54, 1.807) is 0 Å². The number of hydrogen-bond donors (Lipinski definition) is 0. The molecule has 0 aromatic heterocycles. The summed E-state index contributed by atoms with van der Waals surface area (Å²) in [7, 11) is 0. The Labute approximate surface area is 105 Å². The topological polar surface area (TPSA) is 20.3 Å². The molecule has 2 rings (SSSR count). The van der Waals surface area contributed by atoms with E-state index in [0.29, 0.717) is 0 Å². The van der Waals surface area contributed by atoms with E-state index in [1.165, 1.54) is 12.0 Å². The lowest BCUT2D eigenvalue weighted by Gasteiger charge is -2.26. The fourth-order valence-electron chi connectivity index (χ4n) is 2.02. The van der Waals surface area contributed by atoms with Gasteiger partial charge in [-0.15, -0.1) is 0 Å². The minimum absolute atomic E-state index is 0.181. The van der Waals surface area contributed by atoms with E-state index in [2.05, 4.69) is 15.9 Å². The second-order valence-electron chi connectivity index (χ2n) is 4.18. The number of carbonyl (C=O) groups excluding carboxylic acids is 1. The van der Waals surface area contributed by atoms with Gasteiger partial charge in [-0.05, 0) is 37.0 Å². The van der Waals surface area contributed by atoms with Gasteiger partial charge in [0.15, 0.2) is 0 Å². The highest BCUT2D eigenvalue weighted by molar-refractivity contribution is 9.08. The Morgan fingerprint density at radius 3 is 2.31 bits per heavy atom. The molecule has 1 aromatic rings. The normalized spacial score (nSPS) is 16.2. The van der Waals surface area contributed by atoms with Crippen LogP contribution in [0.1, 0.15) is 35.2 Å². The van der Waals surface area contributed by atoms with E-state index in [-0.39, 0.29) is 5.91 Å². The summed E-state index contributed by atoms with van der Waals surface area (Å²) in [6, 6.07) is 7.86. The van der Waals surface area contributed by atoms with Gasteiger partial charge in [-0.3, -0.25) is 4.79 Å². The van der Waals surface area contributed by atoms with Crippen molar-refractivity contribution in [3.63, 3.8) is 0 Å². The smallest absolute Gasteiger partial charge is 0.253 e. The van der Waals surface area contributed by atoms with Gasteiger partial charge in [0.05, 0.1) is 0 Å². The zero-order valence-corrected chi connectivity index (χ0v) is 10.9. The van der Waals surface area contributed by atoms with Crippen LogP contribution < -0.4 is 0 Å². The van der Waals surface area contributed by atoms with Gasteiger partial charge in [0.2, 0.25) is 0 Å². The molecule has 0 aliphatic carbocycles. The van der Waals surface area contributed by atoms with E-state index in [1.807, 2.05) is 29.2 Å². The maximum absolute atomic E-state index is 12.1. The van der Waals surface area contributed by atoms with E-state index < -0.39 is 0 Å². The Balaban J connectivity index is 2.07. The monoisotopic (exact) mass is 281 g/mol. The zero-order chi connectivity index (χ0) is 11.4. The summed E-state index contributed by atoms with van der Waals surface area (Å²) in [4.78, 5) is 14.1. The van der Waals surface area contributed by atoms with Gasteiger partial charge in [-0.2, -0.15) is 0 Å². The molecule has 16 heavy (non-hydrogen) atoms. The number of hydrogen-bond acceptors (Lipinski definition) is 1. The number of halogens is 1. The van der Waals surface area contributed by atoms with Crippen molar-refractivity contribution < 1.29 is 4.79 Å². The van der Waals surface area contributed by atoms with Crippen molar-refractivity contribution in [2.45, 2.75) is 24.6 Å². The minimum Gasteiger partial charge on any atom is -0.339 e. The first-order chi connectivity index (χ1) is 7.81. The van der Waals surface area contributed by atoms with Crippen LogP contribution in [0.15, 0.2) is 24.3 Å². The first-order valence-electron chi connectivity index (χ1n) is 5.75. The largest absolute Gasteiger partial charge is 0.339 e. The molecule has 1 saturated heterocycles. The number of piperidine rings is 1. The second kappa shape index (κ2) is 5.48. The number of rotatable bonds is 2. The highest BCUT2D eigenvalue weighted by Gasteiger charge is 2.17. The molecule has 1 aliphatic heterocycles. The van der Waals surface area contributed by atoms with Gasteiger partial charge >= 0.3 is 0 Å². The number of nitrogens with zero attached hydrogens (tertiary/aromatic N) is 1. The molecule has 0 saturated carbocycles. The maximum Gasteiger partial charge on any atom is 0.253 e. The lowest BCUT2D eigenvalue weighted by atomic mass is 10.1. The molecule has 1 aromatic carbocycles. The molecule has 3 heteroatoms. The third-order valence-corrected chi connectivity index (χ3v) is 3.65. The Kier molecular flexibility index (Phi) is 3.99. The van der Waals surface area contributed by atoms with Crippen LogP contribution in [0.2, 0.25) is 0 Å². The van der Waals surface area contributed by atoms with Crippen LogP contribution >= 0.6 is 15.9 Å². The summed E-state index contributed by atoms with van der Waals surface area (Å²) >= 11 is 3.40. The Morgan fingerprint density at radius 1 is 1.12 bits per heavy atom. The molecule has 1 aliphatic rings. The van der Waals surface area contributed by atoms with E-state index in [4.69, 9.17) is 0 Å². The van der Waals surface area contributed by atoms with Crippen LogP contribution in [0.5, 0.6) is 0 Å². The highest BCUT2D eigenvalue weighted by Crippen LogP contribution is 2.14. The molecular formula is C13H16BrNO. The van der Waals surface area contributed by atoms with Crippen molar-refractivity contribution in [3.8, 4) is 0 Å². The number of benzene rings is 1. The van der Waals surface area contributed by atoms with Crippen molar-refractivity contribution in [1.29, 1.82) is 0 Å². The molecule has 0 spiro atoms. The van der Waals surface area contributed by atoms with Gasteiger partial charge in [-0.25, -0.2) is 0 Å². The van der Waals surface area contributed by atoms with Crippen molar-refractivity contribution >= 4 is 21.8 Å². The van der Waals surface area contributed by atoms with E-state index >= 15 is 0 Å². The van der Waals surface area contributed by atoms with Crippen molar-refractivity contribution in [1.82, 2.24) is 4.90 Å². The molecule has 0 atom stereocenters. The van der Waals surface area contributed by atoms with Crippen molar-refractivity contribution in [2.75, 3.05) is 13.1 Å². The van der Waals surface area contributed by atoms with Crippen LogP contribution in [0.25, 0.3) is 0 Å². The predicted molar refractivity (Wildman–Crippen MR) is 68.8 cm³/mol. The number of likely N-dealkylation sites (tertiary alicyclic amines) is 1. The van der Waals surface area contributed by atoms with Gasteiger partial charge in [0.1, 0.15) is 0 Å². The maximum atomic E-state index is 12.1. The number of alkyl halides is 1. The average molecular weight is 282 g/mol. The molecule has 0 radical (unpaired) electrons. The molecule has 1 amide bonds. The van der Waals surface area contributed by atoms with Crippen LogP contribution in [0, 0.1) is 0 Å². The number of amides is 1. The predicted octanol–water partition coefficient (Wildman–Crippen LogP) is 3.21. The zero-order valence-electron chi connectivity index (χ0n) is 9.29. The number of carbonyl (C=O) groups is 1. The second-order valence-corrected chi connectivity index (χ2v) is 4.74. The van der Waals surface area contributed by atoms with Crippen LogP contribution in [-0.2, 0) is 5.33 Å². The Morgan fingerprint density at radius 2 is 1.75 bits per heavy atom. The van der Waals surface area contributed by atoms with Gasteiger partial charge in [0, 0.05) is 24.0 Å². The first-order valence-corrected chi connectivity index (χ1v) is 6.87. The van der Waals surface area contributed by atoms with Gasteiger partial charge < -0.3 is 4.90 Å².